The zero-order chi connectivity index (χ0) is 14.2. The molecule has 1 heterocycles. The molecule has 5 unspecified atom stereocenters. The first kappa shape index (κ1) is 14.8. The van der Waals surface area contributed by atoms with E-state index in [4.69, 9.17) is 0 Å². The fourth-order valence-corrected chi connectivity index (χ4v) is 5.10. The van der Waals surface area contributed by atoms with Gasteiger partial charge in [-0.05, 0) is 56.8 Å². The van der Waals surface area contributed by atoms with Crippen LogP contribution in [0.4, 0.5) is 0 Å². The second-order valence-electron chi connectivity index (χ2n) is 8.10. The summed E-state index contributed by atoms with van der Waals surface area (Å²) in [4.78, 5) is 2.87. The number of hydrogen-bond acceptors (Lipinski definition) is 2. The summed E-state index contributed by atoms with van der Waals surface area (Å²) < 4.78 is 0. The van der Waals surface area contributed by atoms with Crippen molar-refractivity contribution < 1.29 is 0 Å². The van der Waals surface area contributed by atoms with Crippen LogP contribution in [0.25, 0.3) is 0 Å². The molecule has 1 saturated heterocycles. The van der Waals surface area contributed by atoms with Gasteiger partial charge in [-0.2, -0.15) is 0 Å². The molecule has 2 aliphatic carbocycles. The lowest BCUT2D eigenvalue weighted by Crippen LogP contribution is -2.63. The highest BCUT2D eigenvalue weighted by Crippen LogP contribution is 2.48. The van der Waals surface area contributed by atoms with Gasteiger partial charge in [0.15, 0.2) is 0 Å². The molecule has 1 aliphatic heterocycles. The number of nitrogens with zero attached hydrogens (tertiary/aromatic N) is 1. The van der Waals surface area contributed by atoms with Crippen LogP contribution in [0.5, 0.6) is 0 Å². The highest BCUT2D eigenvalue weighted by atomic mass is 15.3. The molecule has 20 heavy (non-hydrogen) atoms. The molecule has 3 rings (SSSR count). The second kappa shape index (κ2) is 5.96. The van der Waals surface area contributed by atoms with Crippen molar-refractivity contribution in [3.8, 4) is 0 Å². The summed E-state index contributed by atoms with van der Waals surface area (Å²) in [6, 6.07) is 0.791. The van der Waals surface area contributed by atoms with Crippen molar-refractivity contribution in [3.63, 3.8) is 0 Å². The fraction of sp³-hybridized carbons (Fsp3) is 1.00. The average molecular weight is 278 g/mol. The normalized spacial score (nSPS) is 45.1. The lowest BCUT2D eigenvalue weighted by Gasteiger charge is -2.47. The molecular weight excluding hydrogens is 244 g/mol. The van der Waals surface area contributed by atoms with Gasteiger partial charge in [0.05, 0.1) is 0 Å². The Labute approximate surface area is 125 Å². The SMILES string of the molecule is CCCC1CNC(C)(CC)CN1CC1CC2CCC1C2. The molecule has 3 fully saturated rings. The van der Waals surface area contributed by atoms with Gasteiger partial charge in [0.1, 0.15) is 0 Å². The Bertz CT molecular complexity index is 329. The minimum Gasteiger partial charge on any atom is -0.309 e. The van der Waals surface area contributed by atoms with E-state index in [2.05, 4.69) is 31.0 Å². The molecule has 2 heteroatoms. The monoisotopic (exact) mass is 278 g/mol. The van der Waals surface area contributed by atoms with Crippen LogP contribution in [0, 0.1) is 17.8 Å². The minimum atomic E-state index is 0.349. The highest BCUT2D eigenvalue weighted by Gasteiger charge is 2.42. The highest BCUT2D eigenvalue weighted by molar-refractivity contribution is 4.97. The molecule has 2 saturated carbocycles. The van der Waals surface area contributed by atoms with Crippen LogP contribution in [0.1, 0.15) is 65.7 Å². The lowest BCUT2D eigenvalue weighted by molar-refractivity contribution is 0.0554. The van der Waals surface area contributed by atoms with Crippen molar-refractivity contribution in [3.05, 3.63) is 0 Å². The van der Waals surface area contributed by atoms with E-state index in [0.717, 1.165) is 23.8 Å². The fourth-order valence-electron chi connectivity index (χ4n) is 5.10. The molecule has 0 aromatic carbocycles. The van der Waals surface area contributed by atoms with Crippen LogP contribution in [-0.2, 0) is 0 Å². The maximum Gasteiger partial charge on any atom is 0.0278 e. The Morgan fingerprint density at radius 3 is 2.65 bits per heavy atom. The summed E-state index contributed by atoms with van der Waals surface area (Å²) in [7, 11) is 0. The number of nitrogens with one attached hydrogen (secondary N) is 1. The maximum atomic E-state index is 3.83. The van der Waals surface area contributed by atoms with E-state index in [9.17, 15) is 0 Å². The van der Waals surface area contributed by atoms with Crippen molar-refractivity contribution in [2.45, 2.75) is 77.3 Å². The summed E-state index contributed by atoms with van der Waals surface area (Å²) in [5, 5.41) is 3.83. The Balaban J connectivity index is 1.63. The van der Waals surface area contributed by atoms with Gasteiger partial charge in [0, 0.05) is 31.2 Å². The summed E-state index contributed by atoms with van der Waals surface area (Å²) in [6.07, 6.45) is 10.1. The quantitative estimate of drug-likeness (QED) is 0.825. The number of piperazine rings is 1. The summed E-state index contributed by atoms with van der Waals surface area (Å²) in [6.45, 7) is 11.0. The van der Waals surface area contributed by atoms with Crippen LogP contribution in [-0.4, -0.2) is 36.1 Å². The standard InChI is InChI=1S/C18H34N2/c1-4-6-17-11-19-18(3,5-2)13-20(17)12-16-10-14-7-8-15(16)9-14/h14-17,19H,4-13H2,1-3H3. The largest absolute Gasteiger partial charge is 0.309 e. The van der Waals surface area contributed by atoms with Crippen molar-refractivity contribution in [1.29, 1.82) is 0 Å². The van der Waals surface area contributed by atoms with Crippen molar-refractivity contribution >= 4 is 0 Å². The molecule has 0 amide bonds. The van der Waals surface area contributed by atoms with Gasteiger partial charge < -0.3 is 5.32 Å². The Kier molecular flexibility index (Phi) is 4.42. The first-order chi connectivity index (χ1) is 9.63. The molecule has 116 valence electrons. The zero-order valence-corrected chi connectivity index (χ0v) is 13.8. The molecule has 0 aromatic heterocycles. The first-order valence-corrected chi connectivity index (χ1v) is 9.12. The molecule has 1 N–H and O–H groups in total. The minimum absolute atomic E-state index is 0.349. The molecule has 2 bridgehead atoms. The predicted octanol–water partition coefficient (Wildman–Crippen LogP) is 3.67. The molecule has 3 aliphatic rings. The maximum absolute atomic E-state index is 3.83. The van der Waals surface area contributed by atoms with E-state index in [0.29, 0.717) is 5.54 Å². The summed E-state index contributed by atoms with van der Waals surface area (Å²) >= 11 is 0. The van der Waals surface area contributed by atoms with E-state index in [1.54, 1.807) is 6.42 Å². The average Bonchev–Trinajstić information content (AvgIpc) is 3.05. The number of fused-ring (bicyclic) bond motifs is 2. The van der Waals surface area contributed by atoms with Crippen molar-refractivity contribution in [2.24, 2.45) is 17.8 Å². The molecule has 0 aromatic rings. The molecule has 2 nitrogen and oxygen atoms in total. The Morgan fingerprint density at radius 1 is 1.20 bits per heavy atom. The summed E-state index contributed by atoms with van der Waals surface area (Å²) in [5.41, 5.74) is 0.349. The third-order valence-corrected chi connectivity index (χ3v) is 6.59. The number of hydrogen-bond donors (Lipinski definition) is 1. The van der Waals surface area contributed by atoms with Gasteiger partial charge in [-0.15, -0.1) is 0 Å². The van der Waals surface area contributed by atoms with Crippen LogP contribution >= 0.6 is 0 Å². The Hall–Kier alpha value is -0.0800. The van der Waals surface area contributed by atoms with Gasteiger partial charge >= 0.3 is 0 Å². The molecule has 0 spiro atoms. The van der Waals surface area contributed by atoms with Gasteiger partial charge in [0.2, 0.25) is 0 Å². The third-order valence-electron chi connectivity index (χ3n) is 6.59. The van der Waals surface area contributed by atoms with Crippen LogP contribution in [0.15, 0.2) is 0 Å². The van der Waals surface area contributed by atoms with Crippen LogP contribution in [0.3, 0.4) is 0 Å². The Morgan fingerprint density at radius 2 is 2.05 bits per heavy atom. The van der Waals surface area contributed by atoms with E-state index in [1.807, 2.05) is 0 Å². The van der Waals surface area contributed by atoms with Gasteiger partial charge in [-0.3, -0.25) is 4.90 Å². The first-order valence-electron chi connectivity index (χ1n) is 9.12. The van der Waals surface area contributed by atoms with Crippen molar-refractivity contribution in [2.75, 3.05) is 19.6 Å². The lowest BCUT2D eigenvalue weighted by atomic mass is 9.86. The third kappa shape index (κ3) is 2.92. The zero-order valence-electron chi connectivity index (χ0n) is 13.8. The molecular formula is C18H34N2. The smallest absolute Gasteiger partial charge is 0.0278 e. The molecule has 0 radical (unpaired) electrons. The van der Waals surface area contributed by atoms with Crippen molar-refractivity contribution in [1.82, 2.24) is 10.2 Å². The van der Waals surface area contributed by atoms with Crippen LogP contribution in [0.2, 0.25) is 0 Å². The van der Waals surface area contributed by atoms with E-state index in [1.165, 1.54) is 58.2 Å². The van der Waals surface area contributed by atoms with E-state index < -0.39 is 0 Å². The van der Waals surface area contributed by atoms with Gasteiger partial charge in [-0.1, -0.05) is 26.7 Å². The second-order valence-corrected chi connectivity index (χ2v) is 8.10. The van der Waals surface area contributed by atoms with Gasteiger partial charge in [-0.25, -0.2) is 0 Å². The van der Waals surface area contributed by atoms with Gasteiger partial charge in [0.25, 0.3) is 0 Å². The topological polar surface area (TPSA) is 15.3 Å². The molecule has 5 atom stereocenters. The summed E-state index contributed by atoms with van der Waals surface area (Å²) in [5.74, 6) is 3.19. The van der Waals surface area contributed by atoms with E-state index in [-0.39, 0.29) is 0 Å². The predicted molar refractivity (Wildman–Crippen MR) is 85.9 cm³/mol. The number of rotatable bonds is 5. The van der Waals surface area contributed by atoms with E-state index >= 15 is 0 Å². The van der Waals surface area contributed by atoms with Crippen LogP contribution < -0.4 is 5.32 Å².